The van der Waals surface area contributed by atoms with E-state index < -0.39 is 5.97 Å². The minimum atomic E-state index is -0.987. The number of hydrogen-bond donors (Lipinski definition) is 1. The summed E-state index contributed by atoms with van der Waals surface area (Å²) in [7, 11) is 0. The number of carbonyl (C=O) groups is 1. The molecule has 0 amide bonds. The van der Waals surface area contributed by atoms with Gasteiger partial charge >= 0.3 is 5.97 Å². The third-order valence-corrected chi connectivity index (χ3v) is 3.86. The van der Waals surface area contributed by atoms with Crippen molar-refractivity contribution in [3.8, 4) is 5.75 Å². The molecule has 0 radical (unpaired) electrons. The van der Waals surface area contributed by atoms with Crippen molar-refractivity contribution in [3.63, 3.8) is 0 Å². The van der Waals surface area contributed by atoms with E-state index in [1.54, 1.807) is 18.2 Å². The SMILES string of the molecule is Cc1ccc(C(=O)O)c(OCc2nc(C(C)(C)C)cs2)c1. The molecule has 0 unspecified atom stereocenters. The van der Waals surface area contributed by atoms with Gasteiger partial charge in [0.2, 0.25) is 0 Å². The van der Waals surface area contributed by atoms with E-state index in [0.717, 1.165) is 16.3 Å². The Morgan fingerprint density at radius 3 is 2.67 bits per heavy atom. The zero-order valence-corrected chi connectivity index (χ0v) is 13.5. The largest absolute Gasteiger partial charge is 0.486 e. The Bertz CT molecular complexity index is 656. The van der Waals surface area contributed by atoms with Crippen LogP contribution in [0, 0.1) is 6.92 Å². The highest BCUT2D eigenvalue weighted by Crippen LogP contribution is 2.26. The fraction of sp³-hybridized carbons (Fsp3) is 0.375. The second-order valence-corrected chi connectivity index (χ2v) is 6.91. The predicted molar refractivity (Wildman–Crippen MR) is 83.3 cm³/mol. The van der Waals surface area contributed by atoms with Gasteiger partial charge in [-0.05, 0) is 24.6 Å². The highest BCUT2D eigenvalue weighted by molar-refractivity contribution is 7.09. The predicted octanol–water partition coefficient (Wildman–Crippen LogP) is 4.03. The number of benzene rings is 1. The lowest BCUT2D eigenvalue weighted by Gasteiger charge is -2.14. The summed E-state index contributed by atoms with van der Waals surface area (Å²) in [5, 5.41) is 12.0. The van der Waals surface area contributed by atoms with Gasteiger partial charge in [-0.25, -0.2) is 9.78 Å². The molecule has 21 heavy (non-hydrogen) atoms. The smallest absolute Gasteiger partial charge is 0.339 e. The lowest BCUT2D eigenvalue weighted by molar-refractivity contribution is 0.0691. The molecule has 112 valence electrons. The van der Waals surface area contributed by atoms with Crippen LogP contribution in [0.15, 0.2) is 23.6 Å². The second-order valence-electron chi connectivity index (χ2n) is 5.97. The number of aromatic carboxylic acids is 1. The van der Waals surface area contributed by atoms with Crippen LogP contribution in [0.5, 0.6) is 5.75 Å². The van der Waals surface area contributed by atoms with Crippen molar-refractivity contribution in [1.29, 1.82) is 0 Å². The number of ether oxygens (including phenoxy) is 1. The average molecular weight is 305 g/mol. The standard InChI is InChI=1S/C16H19NO3S/c1-10-5-6-11(15(18)19)12(7-10)20-8-14-17-13(9-21-14)16(2,3)4/h5-7,9H,8H2,1-4H3,(H,18,19). The molecule has 0 aliphatic rings. The van der Waals surface area contributed by atoms with Crippen LogP contribution in [0.1, 0.15) is 47.4 Å². The van der Waals surface area contributed by atoms with Gasteiger partial charge in [-0.3, -0.25) is 0 Å². The van der Waals surface area contributed by atoms with Crippen LogP contribution in [0.2, 0.25) is 0 Å². The van der Waals surface area contributed by atoms with Crippen molar-refractivity contribution in [2.45, 2.75) is 39.7 Å². The Labute approximate surface area is 128 Å². The monoisotopic (exact) mass is 305 g/mol. The molecule has 0 fully saturated rings. The van der Waals surface area contributed by atoms with E-state index in [1.165, 1.54) is 11.3 Å². The van der Waals surface area contributed by atoms with Crippen LogP contribution >= 0.6 is 11.3 Å². The fourth-order valence-corrected chi connectivity index (χ4v) is 2.72. The van der Waals surface area contributed by atoms with Gasteiger partial charge in [0.25, 0.3) is 0 Å². The van der Waals surface area contributed by atoms with Gasteiger partial charge in [0.15, 0.2) is 0 Å². The number of aryl methyl sites for hydroxylation is 1. The van der Waals surface area contributed by atoms with E-state index in [4.69, 9.17) is 4.74 Å². The van der Waals surface area contributed by atoms with Crippen molar-refractivity contribution in [2.24, 2.45) is 0 Å². The first kappa shape index (κ1) is 15.5. The van der Waals surface area contributed by atoms with Gasteiger partial charge in [-0.1, -0.05) is 26.8 Å². The average Bonchev–Trinajstić information content (AvgIpc) is 2.84. The van der Waals surface area contributed by atoms with Crippen molar-refractivity contribution in [2.75, 3.05) is 0 Å². The van der Waals surface area contributed by atoms with E-state index in [9.17, 15) is 9.90 Å². The van der Waals surface area contributed by atoms with Gasteiger partial charge in [0.05, 0.1) is 5.69 Å². The second kappa shape index (κ2) is 5.85. The maximum absolute atomic E-state index is 11.2. The van der Waals surface area contributed by atoms with Crippen LogP contribution in [-0.4, -0.2) is 16.1 Å². The molecule has 0 saturated carbocycles. The lowest BCUT2D eigenvalue weighted by Crippen LogP contribution is -2.11. The maximum Gasteiger partial charge on any atom is 0.339 e. The van der Waals surface area contributed by atoms with E-state index in [1.807, 2.05) is 12.3 Å². The first-order chi connectivity index (χ1) is 9.77. The number of aromatic nitrogens is 1. The topological polar surface area (TPSA) is 59.4 Å². The summed E-state index contributed by atoms with van der Waals surface area (Å²) in [4.78, 5) is 15.7. The van der Waals surface area contributed by atoms with Crippen molar-refractivity contribution in [1.82, 2.24) is 4.98 Å². The molecule has 1 heterocycles. The molecule has 4 nitrogen and oxygen atoms in total. The molecule has 2 rings (SSSR count). The van der Waals surface area contributed by atoms with Crippen molar-refractivity contribution in [3.05, 3.63) is 45.4 Å². The molecule has 2 aromatic rings. The van der Waals surface area contributed by atoms with Crippen LogP contribution in [-0.2, 0) is 12.0 Å². The number of rotatable bonds is 4. The Morgan fingerprint density at radius 2 is 2.10 bits per heavy atom. The molecule has 1 N–H and O–H groups in total. The number of carboxylic acids is 1. The van der Waals surface area contributed by atoms with E-state index in [2.05, 4.69) is 25.8 Å². The third-order valence-electron chi connectivity index (χ3n) is 3.04. The molecule has 1 aromatic heterocycles. The molecule has 1 aromatic carbocycles. The molecule has 5 heteroatoms. The quantitative estimate of drug-likeness (QED) is 0.926. The number of nitrogens with zero attached hydrogens (tertiary/aromatic N) is 1. The summed E-state index contributed by atoms with van der Waals surface area (Å²) in [6.45, 7) is 8.51. The zero-order valence-electron chi connectivity index (χ0n) is 12.6. The molecular formula is C16H19NO3S. The molecule has 0 aliphatic carbocycles. The Morgan fingerprint density at radius 1 is 1.38 bits per heavy atom. The zero-order chi connectivity index (χ0) is 15.6. The molecule has 0 bridgehead atoms. The first-order valence-corrected chi connectivity index (χ1v) is 7.57. The van der Waals surface area contributed by atoms with E-state index in [0.29, 0.717) is 5.75 Å². The summed E-state index contributed by atoms with van der Waals surface area (Å²) in [5.41, 5.74) is 2.16. The Kier molecular flexibility index (Phi) is 4.32. The highest BCUT2D eigenvalue weighted by atomic mass is 32.1. The molecule has 0 saturated heterocycles. The van der Waals surface area contributed by atoms with Gasteiger partial charge in [0.1, 0.15) is 22.9 Å². The normalized spacial score (nSPS) is 11.4. The molecular weight excluding hydrogens is 286 g/mol. The van der Waals surface area contributed by atoms with E-state index in [-0.39, 0.29) is 17.6 Å². The van der Waals surface area contributed by atoms with Crippen LogP contribution < -0.4 is 4.74 Å². The van der Waals surface area contributed by atoms with Crippen LogP contribution in [0.25, 0.3) is 0 Å². The van der Waals surface area contributed by atoms with Gasteiger partial charge in [0, 0.05) is 10.8 Å². The van der Waals surface area contributed by atoms with Crippen LogP contribution in [0.3, 0.4) is 0 Å². The van der Waals surface area contributed by atoms with Crippen LogP contribution in [0.4, 0.5) is 0 Å². The first-order valence-electron chi connectivity index (χ1n) is 6.69. The third kappa shape index (κ3) is 3.82. The molecule has 0 atom stereocenters. The highest BCUT2D eigenvalue weighted by Gasteiger charge is 2.18. The molecule has 0 aliphatic heterocycles. The minimum absolute atomic E-state index is 0.00428. The Hall–Kier alpha value is -1.88. The van der Waals surface area contributed by atoms with Gasteiger partial charge in [-0.15, -0.1) is 11.3 Å². The summed E-state index contributed by atoms with van der Waals surface area (Å²) >= 11 is 1.53. The Balaban J connectivity index is 2.15. The summed E-state index contributed by atoms with van der Waals surface area (Å²) in [6.07, 6.45) is 0. The van der Waals surface area contributed by atoms with Gasteiger partial charge < -0.3 is 9.84 Å². The number of hydrogen-bond acceptors (Lipinski definition) is 4. The van der Waals surface area contributed by atoms with Crippen molar-refractivity contribution >= 4 is 17.3 Å². The molecule has 0 spiro atoms. The minimum Gasteiger partial charge on any atom is -0.486 e. The number of thiazole rings is 1. The fourth-order valence-electron chi connectivity index (χ4n) is 1.79. The van der Waals surface area contributed by atoms with Gasteiger partial charge in [-0.2, -0.15) is 0 Å². The van der Waals surface area contributed by atoms with E-state index >= 15 is 0 Å². The van der Waals surface area contributed by atoms with Crippen molar-refractivity contribution < 1.29 is 14.6 Å². The summed E-state index contributed by atoms with van der Waals surface area (Å²) < 4.78 is 5.66. The summed E-state index contributed by atoms with van der Waals surface area (Å²) in [5.74, 6) is -0.602. The maximum atomic E-state index is 11.2. The number of carboxylic acid groups (broad SMARTS) is 1. The summed E-state index contributed by atoms with van der Waals surface area (Å²) in [6, 6.07) is 5.06. The lowest BCUT2D eigenvalue weighted by atomic mass is 9.93.